The molecule has 0 bridgehead atoms. The molecule has 2 rings (SSSR count). The lowest BCUT2D eigenvalue weighted by molar-refractivity contribution is -0.119. The monoisotopic (exact) mass is 289 g/mol. The van der Waals surface area contributed by atoms with Gasteiger partial charge >= 0.3 is 0 Å². The SMILES string of the molecule is CC(=O)NCCC(=O)Nc1cccc(N2CCCCC2)c1. The number of carbonyl (C=O) groups excluding carboxylic acids is 2. The summed E-state index contributed by atoms with van der Waals surface area (Å²) >= 11 is 0. The van der Waals surface area contributed by atoms with Gasteiger partial charge in [-0.2, -0.15) is 0 Å². The fraction of sp³-hybridized carbons (Fsp3) is 0.500. The minimum atomic E-state index is -0.116. The standard InChI is InChI=1S/C16H23N3O2/c1-13(20)17-9-8-16(21)18-14-6-5-7-15(12-14)19-10-3-2-4-11-19/h5-7,12H,2-4,8-11H2,1H3,(H,17,20)(H,18,21). The molecule has 0 atom stereocenters. The molecule has 114 valence electrons. The number of hydrogen-bond donors (Lipinski definition) is 2. The van der Waals surface area contributed by atoms with Gasteiger partial charge in [0.05, 0.1) is 0 Å². The molecule has 2 amide bonds. The van der Waals surface area contributed by atoms with Crippen LogP contribution in [0.4, 0.5) is 11.4 Å². The second-order valence-electron chi connectivity index (χ2n) is 5.38. The lowest BCUT2D eigenvalue weighted by Gasteiger charge is -2.29. The molecule has 0 spiro atoms. The summed E-state index contributed by atoms with van der Waals surface area (Å²) in [7, 11) is 0. The van der Waals surface area contributed by atoms with Crippen LogP contribution in [0, 0.1) is 0 Å². The first-order chi connectivity index (χ1) is 10.1. The lowest BCUT2D eigenvalue weighted by atomic mass is 10.1. The maximum Gasteiger partial charge on any atom is 0.226 e. The minimum Gasteiger partial charge on any atom is -0.371 e. The van der Waals surface area contributed by atoms with Crippen molar-refractivity contribution in [1.82, 2.24) is 5.32 Å². The lowest BCUT2D eigenvalue weighted by Crippen LogP contribution is -2.29. The van der Waals surface area contributed by atoms with Crippen LogP contribution in [0.15, 0.2) is 24.3 Å². The molecular weight excluding hydrogens is 266 g/mol. The Morgan fingerprint density at radius 2 is 1.95 bits per heavy atom. The molecule has 1 aliphatic heterocycles. The van der Waals surface area contributed by atoms with E-state index >= 15 is 0 Å². The van der Waals surface area contributed by atoms with Crippen molar-refractivity contribution in [3.63, 3.8) is 0 Å². The average molecular weight is 289 g/mol. The summed E-state index contributed by atoms with van der Waals surface area (Å²) in [6.07, 6.45) is 4.05. The van der Waals surface area contributed by atoms with Gasteiger partial charge in [-0.05, 0) is 37.5 Å². The zero-order valence-electron chi connectivity index (χ0n) is 12.5. The van der Waals surface area contributed by atoms with Gasteiger partial charge in [-0.25, -0.2) is 0 Å². The highest BCUT2D eigenvalue weighted by molar-refractivity contribution is 5.91. The van der Waals surface area contributed by atoms with Crippen LogP contribution in [-0.2, 0) is 9.59 Å². The molecule has 1 saturated heterocycles. The zero-order chi connectivity index (χ0) is 15.1. The zero-order valence-corrected chi connectivity index (χ0v) is 12.5. The van der Waals surface area contributed by atoms with Crippen LogP contribution < -0.4 is 15.5 Å². The van der Waals surface area contributed by atoms with E-state index < -0.39 is 0 Å². The Labute approximate surface area is 125 Å². The van der Waals surface area contributed by atoms with E-state index in [0.29, 0.717) is 6.54 Å². The van der Waals surface area contributed by atoms with Crippen molar-refractivity contribution in [1.29, 1.82) is 0 Å². The predicted octanol–water partition coefficient (Wildman–Crippen LogP) is 2.14. The van der Waals surface area contributed by atoms with Crippen molar-refractivity contribution in [3.05, 3.63) is 24.3 Å². The molecule has 0 saturated carbocycles. The third-order valence-electron chi connectivity index (χ3n) is 3.58. The maximum atomic E-state index is 11.8. The topological polar surface area (TPSA) is 61.4 Å². The number of carbonyl (C=O) groups is 2. The van der Waals surface area contributed by atoms with Crippen LogP contribution in [0.3, 0.4) is 0 Å². The Kier molecular flexibility index (Phi) is 5.60. The molecule has 5 heteroatoms. The predicted molar refractivity (Wildman–Crippen MR) is 84.4 cm³/mol. The van der Waals surface area contributed by atoms with Crippen molar-refractivity contribution >= 4 is 23.2 Å². The van der Waals surface area contributed by atoms with E-state index in [0.717, 1.165) is 24.5 Å². The third kappa shape index (κ3) is 5.10. The summed E-state index contributed by atoms with van der Waals surface area (Å²) in [5, 5.41) is 5.50. The van der Waals surface area contributed by atoms with E-state index in [2.05, 4.69) is 21.6 Å². The van der Waals surface area contributed by atoms with Gasteiger partial charge in [0, 0.05) is 44.4 Å². The van der Waals surface area contributed by atoms with Crippen LogP contribution in [-0.4, -0.2) is 31.4 Å². The number of benzene rings is 1. The van der Waals surface area contributed by atoms with Gasteiger partial charge in [-0.15, -0.1) is 0 Å². The Hall–Kier alpha value is -2.04. The van der Waals surface area contributed by atoms with Crippen molar-refractivity contribution in [2.24, 2.45) is 0 Å². The highest BCUT2D eigenvalue weighted by Gasteiger charge is 2.11. The van der Waals surface area contributed by atoms with Gasteiger partial charge in [0.1, 0.15) is 0 Å². The van der Waals surface area contributed by atoms with Crippen LogP contribution in [0.2, 0.25) is 0 Å². The fourth-order valence-corrected chi connectivity index (χ4v) is 2.51. The first kappa shape index (κ1) is 15.4. The molecule has 2 N–H and O–H groups in total. The van der Waals surface area contributed by atoms with E-state index in [1.54, 1.807) is 0 Å². The number of piperidine rings is 1. The van der Waals surface area contributed by atoms with E-state index in [1.165, 1.54) is 26.2 Å². The molecule has 0 aromatic heterocycles. The Balaban J connectivity index is 1.88. The van der Waals surface area contributed by atoms with Crippen molar-refractivity contribution in [3.8, 4) is 0 Å². The van der Waals surface area contributed by atoms with Crippen LogP contribution >= 0.6 is 0 Å². The van der Waals surface area contributed by atoms with Gasteiger partial charge in [-0.1, -0.05) is 6.07 Å². The van der Waals surface area contributed by atoms with Gasteiger partial charge in [-0.3, -0.25) is 9.59 Å². The molecule has 1 heterocycles. The molecule has 1 aliphatic rings. The van der Waals surface area contributed by atoms with Gasteiger partial charge < -0.3 is 15.5 Å². The first-order valence-corrected chi connectivity index (χ1v) is 7.54. The van der Waals surface area contributed by atoms with Crippen molar-refractivity contribution in [2.75, 3.05) is 29.9 Å². The van der Waals surface area contributed by atoms with Gasteiger partial charge in [0.2, 0.25) is 11.8 Å². The first-order valence-electron chi connectivity index (χ1n) is 7.54. The molecule has 0 radical (unpaired) electrons. The molecule has 0 unspecified atom stereocenters. The molecule has 1 fully saturated rings. The van der Waals surface area contributed by atoms with Crippen LogP contribution in [0.25, 0.3) is 0 Å². The normalized spacial score (nSPS) is 14.6. The van der Waals surface area contributed by atoms with E-state index in [9.17, 15) is 9.59 Å². The number of hydrogen-bond acceptors (Lipinski definition) is 3. The van der Waals surface area contributed by atoms with Crippen molar-refractivity contribution < 1.29 is 9.59 Å². The summed E-state index contributed by atoms with van der Waals surface area (Å²) < 4.78 is 0. The van der Waals surface area contributed by atoms with E-state index in [4.69, 9.17) is 0 Å². The Bertz CT molecular complexity index is 496. The van der Waals surface area contributed by atoms with E-state index in [-0.39, 0.29) is 18.2 Å². The molecule has 1 aromatic carbocycles. The highest BCUT2D eigenvalue weighted by atomic mass is 16.2. The molecular formula is C16H23N3O2. The van der Waals surface area contributed by atoms with Gasteiger partial charge in [0.25, 0.3) is 0 Å². The Morgan fingerprint density at radius 1 is 1.19 bits per heavy atom. The largest absolute Gasteiger partial charge is 0.371 e. The molecule has 1 aromatic rings. The fourth-order valence-electron chi connectivity index (χ4n) is 2.51. The summed E-state index contributed by atoms with van der Waals surface area (Å²) in [6.45, 7) is 3.98. The molecule has 5 nitrogen and oxygen atoms in total. The summed E-state index contributed by atoms with van der Waals surface area (Å²) in [4.78, 5) is 24.9. The third-order valence-corrected chi connectivity index (χ3v) is 3.58. The van der Waals surface area contributed by atoms with Crippen LogP contribution in [0.1, 0.15) is 32.6 Å². The van der Waals surface area contributed by atoms with Gasteiger partial charge in [0.15, 0.2) is 0 Å². The number of anilines is 2. The number of nitrogens with one attached hydrogen (secondary N) is 2. The number of amides is 2. The van der Waals surface area contributed by atoms with E-state index in [1.807, 2.05) is 18.2 Å². The minimum absolute atomic E-state index is 0.0838. The second kappa shape index (κ2) is 7.67. The molecule has 21 heavy (non-hydrogen) atoms. The average Bonchev–Trinajstić information content (AvgIpc) is 2.48. The molecule has 0 aliphatic carbocycles. The maximum absolute atomic E-state index is 11.8. The highest BCUT2D eigenvalue weighted by Crippen LogP contribution is 2.23. The smallest absolute Gasteiger partial charge is 0.226 e. The quantitative estimate of drug-likeness (QED) is 0.873. The summed E-state index contributed by atoms with van der Waals surface area (Å²) in [5.74, 6) is -0.200. The Morgan fingerprint density at radius 3 is 2.67 bits per heavy atom. The number of nitrogens with zero attached hydrogens (tertiary/aromatic N) is 1. The second-order valence-corrected chi connectivity index (χ2v) is 5.38. The number of rotatable bonds is 5. The van der Waals surface area contributed by atoms with Crippen LogP contribution in [0.5, 0.6) is 0 Å². The summed E-state index contributed by atoms with van der Waals surface area (Å²) in [6, 6.07) is 7.96. The van der Waals surface area contributed by atoms with Crippen molar-refractivity contribution in [2.45, 2.75) is 32.6 Å². The summed E-state index contributed by atoms with van der Waals surface area (Å²) in [5.41, 5.74) is 1.97.